The van der Waals surface area contributed by atoms with Gasteiger partial charge in [0.25, 0.3) is 11.8 Å². The molecule has 21 heavy (non-hydrogen) atoms. The number of aryl methyl sites for hydroxylation is 1. The van der Waals surface area contributed by atoms with E-state index in [2.05, 4.69) is 15.6 Å². The van der Waals surface area contributed by atoms with Gasteiger partial charge in [0, 0.05) is 13.1 Å². The van der Waals surface area contributed by atoms with Crippen molar-refractivity contribution in [1.82, 2.24) is 9.55 Å². The Kier molecular flexibility index (Phi) is 2.98. The van der Waals surface area contributed by atoms with Gasteiger partial charge in [0.05, 0.1) is 29.6 Å². The third kappa shape index (κ3) is 2.38. The summed E-state index contributed by atoms with van der Waals surface area (Å²) in [7, 11) is 1.71. The number of nitrogens with zero attached hydrogens (tertiary/aromatic N) is 2. The van der Waals surface area contributed by atoms with Gasteiger partial charge in [0.1, 0.15) is 11.4 Å². The number of benzene rings is 1. The number of fused-ring (bicyclic) bond motifs is 1. The Morgan fingerprint density at radius 1 is 1.52 bits per heavy atom. The lowest BCUT2D eigenvalue weighted by molar-refractivity contribution is -0.118. The van der Waals surface area contributed by atoms with Crippen LogP contribution in [0.3, 0.4) is 0 Å². The summed E-state index contributed by atoms with van der Waals surface area (Å²) in [6.45, 7) is -0.0484. The average Bonchev–Trinajstić information content (AvgIpc) is 2.86. The zero-order valence-electron chi connectivity index (χ0n) is 11.2. The van der Waals surface area contributed by atoms with Crippen molar-refractivity contribution in [3.05, 3.63) is 30.4 Å². The highest BCUT2D eigenvalue weighted by molar-refractivity contribution is 6.06. The van der Waals surface area contributed by atoms with Crippen molar-refractivity contribution in [2.45, 2.75) is 0 Å². The number of nitrogens with one attached hydrogen (secondary N) is 2. The first-order valence-electron chi connectivity index (χ1n) is 6.18. The molecule has 3 rings (SSSR count). The fraction of sp³-hybridized carbons (Fsp3) is 0.154. The Morgan fingerprint density at radius 2 is 2.33 bits per heavy atom. The average molecular weight is 287 g/mol. The highest BCUT2D eigenvalue weighted by atomic mass is 16.5. The topological polar surface area (TPSA) is 111 Å². The lowest BCUT2D eigenvalue weighted by Gasteiger charge is -2.20. The summed E-state index contributed by atoms with van der Waals surface area (Å²) >= 11 is 0. The predicted octanol–water partition coefficient (Wildman–Crippen LogP) is 0.586. The fourth-order valence-corrected chi connectivity index (χ4v) is 2.01. The SMILES string of the molecule is Cn1cncc1C(=O)Nc1cc2c(cc1N)OCC(=O)N2. The lowest BCUT2D eigenvalue weighted by atomic mass is 10.2. The minimum Gasteiger partial charge on any atom is -0.482 e. The van der Waals surface area contributed by atoms with Gasteiger partial charge in [-0.3, -0.25) is 9.59 Å². The summed E-state index contributed by atoms with van der Waals surface area (Å²) in [5, 5.41) is 5.35. The van der Waals surface area contributed by atoms with Crippen LogP contribution in [0.4, 0.5) is 17.1 Å². The normalized spacial score (nSPS) is 13.1. The molecule has 0 saturated carbocycles. The van der Waals surface area contributed by atoms with E-state index in [1.807, 2.05) is 0 Å². The molecule has 0 radical (unpaired) electrons. The Labute approximate surface area is 119 Å². The van der Waals surface area contributed by atoms with Crippen molar-refractivity contribution in [3.8, 4) is 5.75 Å². The van der Waals surface area contributed by atoms with Crippen LogP contribution in [0.2, 0.25) is 0 Å². The number of hydrogen-bond acceptors (Lipinski definition) is 5. The van der Waals surface area contributed by atoms with Crippen molar-refractivity contribution in [2.24, 2.45) is 7.05 Å². The van der Waals surface area contributed by atoms with E-state index in [0.29, 0.717) is 28.5 Å². The Balaban J connectivity index is 1.89. The summed E-state index contributed by atoms with van der Waals surface area (Å²) in [4.78, 5) is 27.3. The maximum absolute atomic E-state index is 12.1. The second-order valence-corrected chi connectivity index (χ2v) is 4.62. The molecule has 1 aliphatic rings. The van der Waals surface area contributed by atoms with Crippen LogP contribution in [0.5, 0.6) is 5.75 Å². The number of aromatic nitrogens is 2. The Hall–Kier alpha value is -3.03. The zero-order chi connectivity index (χ0) is 15.0. The first-order valence-corrected chi connectivity index (χ1v) is 6.18. The molecule has 0 bridgehead atoms. The van der Waals surface area contributed by atoms with E-state index in [1.54, 1.807) is 23.7 Å². The number of ether oxygens (including phenoxy) is 1. The number of hydrogen-bond donors (Lipinski definition) is 3. The van der Waals surface area contributed by atoms with Crippen molar-refractivity contribution in [1.29, 1.82) is 0 Å². The Bertz CT molecular complexity index is 737. The monoisotopic (exact) mass is 287 g/mol. The van der Waals surface area contributed by atoms with Crippen molar-refractivity contribution in [3.63, 3.8) is 0 Å². The van der Waals surface area contributed by atoms with Crippen LogP contribution >= 0.6 is 0 Å². The standard InChI is InChI=1S/C13H13N5O3/c1-18-6-15-4-10(18)13(20)17-8-3-9-11(2-7(8)14)21-5-12(19)16-9/h2-4,6H,5,14H2,1H3,(H,16,19)(H,17,20). The van der Waals surface area contributed by atoms with Crippen LogP contribution in [0, 0.1) is 0 Å². The molecular weight excluding hydrogens is 274 g/mol. The van der Waals surface area contributed by atoms with Gasteiger partial charge in [-0.1, -0.05) is 0 Å². The van der Waals surface area contributed by atoms with Gasteiger partial charge in [0.2, 0.25) is 0 Å². The van der Waals surface area contributed by atoms with Crippen molar-refractivity contribution < 1.29 is 14.3 Å². The van der Waals surface area contributed by atoms with Gasteiger partial charge in [-0.25, -0.2) is 4.98 Å². The molecule has 1 aliphatic heterocycles. The van der Waals surface area contributed by atoms with Gasteiger partial charge in [0.15, 0.2) is 6.61 Å². The first-order chi connectivity index (χ1) is 10.0. The molecule has 4 N–H and O–H groups in total. The summed E-state index contributed by atoms with van der Waals surface area (Å²) in [5.74, 6) is -0.119. The summed E-state index contributed by atoms with van der Waals surface area (Å²) in [6.07, 6.45) is 2.98. The van der Waals surface area contributed by atoms with E-state index >= 15 is 0 Å². The van der Waals surface area contributed by atoms with Crippen LogP contribution in [0.25, 0.3) is 0 Å². The molecule has 1 aromatic carbocycles. The number of nitrogen functional groups attached to an aromatic ring is 1. The number of nitrogens with two attached hydrogens (primary N) is 1. The van der Waals surface area contributed by atoms with Crippen molar-refractivity contribution >= 4 is 28.9 Å². The molecule has 8 nitrogen and oxygen atoms in total. The second-order valence-electron chi connectivity index (χ2n) is 4.62. The number of carbonyl (C=O) groups excluding carboxylic acids is 2. The van der Waals surface area contributed by atoms with Crippen LogP contribution in [0.15, 0.2) is 24.7 Å². The third-order valence-corrected chi connectivity index (χ3v) is 3.08. The molecule has 0 unspecified atom stereocenters. The van der Waals surface area contributed by atoms with Crippen LogP contribution < -0.4 is 21.1 Å². The minimum absolute atomic E-state index is 0.0484. The molecule has 1 aromatic heterocycles. The quantitative estimate of drug-likeness (QED) is 0.700. The molecule has 2 heterocycles. The Morgan fingerprint density at radius 3 is 3.05 bits per heavy atom. The summed E-state index contributed by atoms with van der Waals surface area (Å²) in [6, 6.07) is 3.13. The van der Waals surface area contributed by atoms with E-state index in [9.17, 15) is 9.59 Å². The highest BCUT2D eigenvalue weighted by Crippen LogP contribution is 2.35. The maximum atomic E-state index is 12.1. The van der Waals surface area contributed by atoms with Gasteiger partial charge >= 0.3 is 0 Å². The molecular formula is C13H13N5O3. The molecule has 0 fully saturated rings. The molecule has 2 aromatic rings. The van der Waals surface area contributed by atoms with Gasteiger partial charge < -0.3 is 25.7 Å². The van der Waals surface area contributed by atoms with Crippen molar-refractivity contribution in [2.75, 3.05) is 23.0 Å². The first kappa shape index (κ1) is 13.0. The molecule has 2 amide bonds. The number of carbonyl (C=O) groups is 2. The van der Waals surface area contributed by atoms with Crippen LogP contribution in [-0.4, -0.2) is 28.0 Å². The summed E-state index contributed by atoms with van der Waals surface area (Å²) in [5.41, 5.74) is 7.50. The highest BCUT2D eigenvalue weighted by Gasteiger charge is 2.19. The van der Waals surface area contributed by atoms with Gasteiger partial charge in [-0.2, -0.15) is 0 Å². The molecule has 0 spiro atoms. The van der Waals surface area contributed by atoms with Gasteiger partial charge in [-0.15, -0.1) is 0 Å². The van der Waals surface area contributed by atoms with Crippen LogP contribution in [-0.2, 0) is 11.8 Å². The molecule has 108 valence electrons. The smallest absolute Gasteiger partial charge is 0.273 e. The van der Waals surface area contributed by atoms with Crippen LogP contribution in [0.1, 0.15) is 10.5 Å². The lowest BCUT2D eigenvalue weighted by Crippen LogP contribution is -2.26. The number of imidazole rings is 1. The van der Waals surface area contributed by atoms with Gasteiger partial charge in [-0.05, 0) is 6.07 Å². The van der Waals surface area contributed by atoms with E-state index in [4.69, 9.17) is 10.5 Å². The molecule has 0 aliphatic carbocycles. The summed E-state index contributed by atoms with van der Waals surface area (Å²) < 4.78 is 6.84. The third-order valence-electron chi connectivity index (χ3n) is 3.08. The van der Waals surface area contributed by atoms with E-state index < -0.39 is 0 Å². The number of amides is 2. The fourth-order valence-electron chi connectivity index (χ4n) is 2.01. The minimum atomic E-state index is -0.343. The molecule has 0 saturated heterocycles. The molecule has 0 atom stereocenters. The molecule has 8 heteroatoms. The van der Waals surface area contributed by atoms with E-state index in [-0.39, 0.29) is 18.4 Å². The maximum Gasteiger partial charge on any atom is 0.273 e. The predicted molar refractivity (Wildman–Crippen MR) is 76.1 cm³/mol. The zero-order valence-corrected chi connectivity index (χ0v) is 11.2. The number of anilines is 3. The number of rotatable bonds is 2. The van der Waals surface area contributed by atoms with E-state index in [0.717, 1.165) is 0 Å². The largest absolute Gasteiger partial charge is 0.482 e. The van der Waals surface area contributed by atoms with E-state index in [1.165, 1.54) is 12.5 Å². The second kappa shape index (κ2) is 4.82.